The van der Waals surface area contributed by atoms with E-state index in [1.165, 1.54) is 6.07 Å². The lowest BCUT2D eigenvalue weighted by molar-refractivity contribution is 0.487. The Morgan fingerprint density at radius 2 is 1.75 bits per heavy atom. The van der Waals surface area contributed by atoms with E-state index < -0.39 is 17.7 Å². The van der Waals surface area contributed by atoms with E-state index in [-0.39, 0.29) is 5.56 Å². The lowest BCUT2D eigenvalue weighted by atomic mass is 9.97. The summed E-state index contributed by atoms with van der Waals surface area (Å²) in [5, 5.41) is 3.03. The maximum absolute atomic E-state index is 14.0. The van der Waals surface area contributed by atoms with E-state index in [9.17, 15) is 8.78 Å². The highest BCUT2D eigenvalue weighted by Gasteiger charge is 2.21. The van der Waals surface area contributed by atoms with Crippen LogP contribution in [0.4, 0.5) is 8.78 Å². The molecule has 2 aromatic carbocycles. The van der Waals surface area contributed by atoms with Gasteiger partial charge < -0.3 is 5.32 Å². The van der Waals surface area contributed by atoms with E-state index in [1.54, 1.807) is 13.1 Å². The number of hydrogen-bond acceptors (Lipinski definition) is 1. The van der Waals surface area contributed by atoms with Gasteiger partial charge in [0.05, 0.1) is 6.04 Å². The predicted octanol–water partition coefficient (Wildman–Crippen LogP) is 5.11. The fraction of sp³-hybridized carbons (Fsp3) is 0.200. The van der Waals surface area contributed by atoms with E-state index in [4.69, 9.17) is 0 Å². The average molecular weight is 405 g/mol. The molecule has 106 valence electrons. The molecule has 0 heterocycles. The van der Waals surface area contributed by atoms with Crippen molar-refractivity contribution >= 4 is 31.9 Å². The van der Waals surface area contributed by atoms with E-state index in [0.717, 1.165) is 26.1 Å². The number of nitrogens with one attached hydrogen (secondary N) is 1. The Labute approximate surface area is 133 Å². The summed E-state index contributed by atoms with van der Waals surface area (Å²) in [4.78, 5) is 0. The van der Waals surface area contributed by atoms with Crippen molar-refractivity contribution in [1.29, 1.82) is 0 Å². The van der Waals surface area contributed by atoms with Crippen molar-refractivity contribution in [1.82, 2.24) is 5.32 Å². The molecule has 0 spiro atoms. The van der Waals surface area contributed by atoms with E-state index in [1.807, 2.05) is 19.1 Å². The van der Waals surface area contributed by atoms with Crippen LogP contribution in [0.1, 0.15) is 22.7 Å². The molecule has 0 radical (unpaired) electrons. The Morgan fingerprint density at radius 3 is 2.40 bits per heavy atom. The SMILES string of the molecule is CNC(c1cc(Br)c(C)cc1Br)c1cccc(F)c1F. The van der Waals surface area contributed by atoms with Crippen molar-refractivity contribution in [3.63, 3.8) is 0 Å². The highest BCUT2D eigenvalue weighted by atomic mass is 79.9. The normalized spacial score (nSPS) is 12.5. The van der Waals surface area contributed by atoms with Gasteiger partial charge in [0.2, 0.25) is 0 Å². The zero-order chi connectivity index (χ0) is 14.9. The first-order chi connectivity index (χ1) is 9.45. The standard InChI is InChI=1S/C15H13Br2F2N/c1-8-6-12(17)10(7-11(8)16)15(20-2)9-4-3-5-13(18)14(9)19/h3-7,15,20H,1-2H3. The summed E-state index contributed by atoms with van der Waals surface area (Å²) in [7, 11) is 1.72. The molecule has 1 nitrogen and oxygen atoms in total. The molecule has 1 N–H and O–H groups in total. The van der Waals surface area contributed by atoms with Crippen LogP contribution in [0.3, 0.4) is 0 Å². The maximum Gasteiger partial charge on any atom is 0.163 e. The van der Waals surface area contributed by atoms with Crippen LogP contribution < -0.4 is 5.32 Å². The molecule has 2 rings (SSSR count). The van der Waals surface area contributed by atoms with Gasteiger partial charge >= 0.3 is 0 Å². The van der Waals surface area contributed by atoms with Crippen LogP contribution in [0.15, 0.2) is 39.3 Å². The highest BCUT2D eigenvalue weighted by Crippen LogP contribution is 2.34. The summed E-state index contributed by atoms with van der Waals surface area (Å²) in [5.74, 6) is -1.67. The number of hydrogen-bond donors (Lipinski definition) is 1. The molecule has 5 heteroatoms. The zero-order valence-corrected chi connectivity index (χ0v) is 14.1. The van der Waals surface area contributed by atoms with E-state index in [0.29, 0.717) is 0 Å². The average Bonchev–Trinajstić information content (AvgIpc) is 2.41. The Kier molecular flexibility index (Phi) is 4.94. The third kappa shape index (κ3) is 2.95. The summed E-state index contributed by atoms with van der Waals surface area (Å²) in [6, 6.07) is 7.63. The third-order valence-corrected chi connectivity index (χ3v) is 4.71. The third-order valence-electron chi connectivity index (χ3n) is 3.17. The number of aryl methyl sites for hydroxylation is 1. The van der Waals surface area contributed by atoms with Crippen molar-refractivity contribution < 1.29 is 8.78 Å². The van der Waals surface area contributed by atoms with E-state index in [2.05, 4.69) is 37.2 Å². The van der Waals surface area contributed by atoms with Crippen molar-refractivity contribution in [2.45, 2.75) is 13.0 Å². The summed E-state index contributed by atoms with van der Waals surface area (Å²) >= 11 is 6.95. The van der Waals surface area contributed by atoms with Gasteiger partial charge in [-0.3, -0.25) is 0 Å². The van der Waals surface area contributed by atoms with Crippen LogP contribution in [0.25, 0.3) is 0 Å². The van der Waals surface area contributed by atoms with Gasteiger partial charge in [0.1, 0.15) is 0 Å². The fourth-order valence-electron chi connectivity index (χ4n) is 2.10. The van der Waals surface area contributed by atoms with Crippen LogP contribution in [-0.2, 0) is 0 Å². The first kappa shape index (κ1) is 15.6. The van der Waals surface area contributed by atoms with Gasteiger partial charge in [0, 0.05) is 14.5 Å². The molecule has 0 aliphatic rings. The second-order valence-corrected chi connectivity index (χ2v) is 6.20. The second-order valence-electron chi connectivity index (χ2n) is 4.49. The molecule has 2 aromatic rings. The van der Waals surface area contributed by atoms with Gasteiger partial charge in [-0.15, -0.1) is 0 Å². The molecule has 0 bridgehead atoms. The van der Waals surface area contributed by atoms with E-state index >= 15 is 0 Å². The van der Waals surface area contributed by atoms with Gasteiger partial charge in [-0.2, -0.15) is 0 Å². The monoisotopic (exact) mass is 403 g/mol. The van der Waals surface area contributed by atoms with Crippen LogP contribution in [0.5, 0.6) is 0 Å². The van der Waals surface area contributed by atoms with Crippen molar-refractivity contribution in [2.75, 3.05) is 7.05 Å². The molecule has 0 aromatic heterocycles. The predicted molar refractivity (Wildman–Crippen MR) is 83.8 cm³/mol. The second kappa shape index (κ2) is 6.33. The maximum atomic E-state index is 14.0. The minimum Gasteiger partial charge on any atom is -0.309 e. The fourth-order valence-corrected chi connectivity index (χ4v) is 3.15. The first-order valence-electron chi connectivity index (χ1n) is 6.02. The van der Waals surface area contributed by atoms with Crippen molar-refractivity contribution in [3.8, 4) is 0 Å². The van der Waals surface area contributed by atoms with Crippen LogP contribution >= 0.6 is 31.9 Å². The van der Waals surface area contributed by atoms with Gasteiger partial charge in [0.25, 0.3) is 0 Å². The summed E-state index contributed by atoms with van der Waals surface area (Å²) in [6.07, 6.45) is 0. The smallest absolute Gasteiger partial charge is 0.163 e. The molecule has 1 unspecified atom stereocenters. The Hall–Kier alpha value is -0.780. The highest BCUT2D eigenvalue weighted by molar-refractivity contribution is 9.11. The van der Waals surface area contributed by atoms with Gasteiger partial charge in [-0.1, -0.05) is 44.0 Å². The Bertz CT molecular complexity index is 644. The molecule has 0 amide bonds. The number of rotatable bonds is 3. The van der Waals surface area contributed by atoms with Crippen molar-refractivity contribution in [3.05, 3.63) is 67.6 Å². The zero-order valence-electron chi connectivity index (χ0n) is 11.0. The largest absolute Gasteiger partial charge is 0.309 e. The lowest BCUT2D eigenvalue weighted by Crippen LogP contribution is -2.20. The molecular weight excluding hydrogens is 392 g/mol. The minimum absolute atomic E-state index is 0.281. The summed E-state index contributed by atoms with van der Waals surface area (Å²) in [6.45, 7) is 1.97. The lowest BCUT2D eigenvalue weighted by Gasteiger charge is -2.20. The molecule has 20 heavy (non-hydrogen) atoms. The van der Waals surface area contributed by atoms with Crippen LogP contribution in [0, 0.1) is 18.6 Å². The molecule has 0 saturated heterocycles. The quantitative estimate of drug-likeness (QED) is 0.749. The molecular formula is C15H13Br2F2N. The first-order valence-corrected chi connectivity index (χ1v) is 7.61. The summed E-state index contributed by atoms with van der Waals surface area (Å²) in [5.41, 5.74) is 2.19. The number of benzene rings is 2. The minimum atomic E-state index is -0.843. The Balaban J connectivity index is 2.58. The van der Waals surface area contributed by atoms with Crippen LogP contribution in [-0.4, -0.2) is 7.05 Å². The molecule has 0 aliphatic carbocycles. The number of halogens is 4. The topological polar surface area (TPSA) is 12.0 Å². The van der Waals surface area contributed by atoms with Crippen molar-refractivity contribution in [2.24, 2.45) is 0 Å². The summed E-state index contributed by atoms with van der Waals surface area (Å²) < 4.78 is 29.2. The van der Waals surface area contributed by atoms with Gasteiger partial charge in [-0.05, 0) is 43.3 Å². The Morgan fingerprint density at radius 1 is 1.05 bits per heavy atom. The molecule has 0 fully saturated rings. The van der Waals surface area contributed by atoms with Gasteiger partial charge in [0.15, 0.2) is 11.6 Å². The molecule has 0 saturated carbocycles. The molecule has 0 aliphatic heterocycles. The van der Waals surface area contributed by atoms with Gasteiger partial charge in [-0.25, -0.2) is 8.78 Å². The molecule has 1 atom stereocenters. The van der Waals surface area contributed by atoms with Crippen LogP contribution in [0.2, 0.25) is 0 Å².